The summed E-state index contributed by atoms with van der Waals surface area (Å²) in [5, 5.41) is 0. The summed E-state index contributed by atoms with van der Waals surface area (Å²) in [4.78, 5) is 41.5. The maximum Gasteiger partial charge on any atom is 0.312 e. The molecule has 6 aliphatic rings. The summed E-state index contributed by atoms with van der Waals surface area (Å²) in [5.41, 5.74) is 0.545. The van der Waals surface area contributed by atoms with Crippen LogP contribution in [0.1, 0.15) is 99.0 Å². The van der Waals surface area contributed by atoms with Gasteiger partial charge < -0.3 is 9.47 Å². The zero-order valence-electron chi connectivity index (χ0n) is 26.5. The van der Waals surface area contributed by atoms with Gasteiger partial charge in [0.05, 0.1) is 11.5 Å². The van der Waals surface area contributed by atoms with Crippen molar-refractivity contribution >= 4 is 17.5 Å². The third-order valence-electron chi connectivity index (χ3n) is 14.3. The minimum Gasteiger partial charge on any atom is -0.460 e. The lowest BCUT2D eigenvalue weighted by atomic mass is 9.33. The first-order valence-electron chi connectivity index (χ1n) is 16.3. The Morgan fingerprint density at radius 2 is 1.62 bits per heavy atom. The van der Waals surface area contributed by atoms with Gasteiger partial charge in [0.1, 0.15) is 12.7 Å². The van der Waals surface area contributed by atoms with Crippen molar-refractivity contribution in [2.24, 2.45) is 50.2 Å². The highest BCUT2D eigenvalue weighted by Crippen LogP contribution is 2.76. The maximum atomic E-state index is 14.6. The minimum absolute atomic E-state index is 0.0685. The molecule has 0 amide bonds. The van der Waals surface area contributed by atoms with Gasteiger partial charge in [-0.1, -0.05) is 77.4 Å². The molecule has 42 heavy (non-hydrogen) atoms. The number of ether oxygens (including phenoxy) is 2. The number of carbonyl (C=O) groups is 3. The molecule has 5 nitrogen and oxygen atoms in total. The average Bonchev–Trinajstić information content (AvgIpc) is 3.75. The molecule has 0 aromatic heterocycles. The highest BCUT2D eigenvalue weighted by molar-refractivity contribution is 5.98. The first kappa shape index (κ1) is 28.5. The van der Waals surface area contributed by atoms with Gasteiger partial charge in [-0.25, -0.2) is 0 Å². The fraction of sp³-hybridized carbons (Fsp3) is 0.703. The molecule has 1 aliphatic heterocycles. The number of hydrogen-bond acceptors (Lipinski definition) is 5. The molecule has 0 radical (unpaired) electrons. The highest BCUT2D eigenvalue weighted by Gasteiger charge is 2.77. The van der Waals surface area contributed by atoms with E-state index in [0.717, 1.165) is 50.5 Å². The second kappa shape index (κ2) is 8.67. The van der Waals surface area contributed by atoms with Crippen LogP contribution in [-0.4, -0.2) is 29.7 Å². The van der Waals surface area contributed by atoms with Crippen molar-refractivity contribution in [3.8, 4) is 0 Å². The molecule has 1 aromatic rings. The molecular formula is C37H48O5. The Hall–Kier alpha value is -2.27. The van der Waals surface area contributed by atoms with E-state index in [1.54, 1.807) is 0 Å². The zero-order chi connectivity index (χ0) is 30.1. The van der Waals surface area contributed by atoms with E-state index in [9.17, 15) is 14.4 Å². The number of Topliss-reactive ketones (excluding diaryl/α,β-unsaturated/α-hetero) is 1. The van der Waals surface area contributed by atoms with Crippen molar-refractivity contribution in [2.75, 3.05) is 0 Å². The third-order valence-corrected chi connectivity index (χ3v) is 14.3. The molecule has 1 saturated heterocycles. The molecule has 5 aliphatic carbocycles. The lowest BCUT2D eigenvalue weighted by molar-refractivity contribution is -0.186. The topological polar surface area (TPSA) is 73.0 Å². The summed E-state index contributed by atoms with van der Waals surface area (Å²) in [5.74, 6) is 0.452. The van der Waals surface area contributed by atoms with Gasteiger partial charge in [-0.3, -0.25) is 14.4 Å². The van der Waals surface area contributed by atoms with Crippen LogP contribution in [0.2, 0.25) is 0 Å². The molecule has 1 heterocycles. The molecule has 226 valence electrons. The van der Waals surface area contributed by atoms with Crippen LogP contribution >= 0.6 is 0 Å². The van der Waals surface area contributed by atoms with Crippen LogP contribution in [0.3, 0.4) is 0 Å². The zero-order valence-corrected chi connectivity index (χ0v) is 26.5. The van der Waals surface area contributed by atoms with Crippen molar-refractivity contribution in [3.63, 3.8) is 0 Å². The molecule has 5 fully saturated rings. The number of allylic oxidation sites excluding steroid dienone is 2. The van der Waals surface area contributed by atoms with E-state index < -0.39 is 10.8 Å². The monoisotopic (exact) mass is 572 g/mol. The Bertz CT molecular complexity index is 1390. The third kappa shape index (κ3) is 3.49. The van der Waals surface area contributed by atoms with E-state index in [1.165, 1.54) is 5.57 Å². The Balaban J connectivity index is 1.24. The summed E-state index contributed by atoms with van der Waals surface area (Å²) in [6.45, 7) is 16.0. The van der Waals surface area contributed by atoms with Crippen LogP contribution in [0.5, 0.6) is 0 Å². The van der Waals surface area contributed by atoms with Crippen LogP contribution in [0, 0.1) is 50.2 Å². The number of hydrogen-bond donors (Lipinski definition) is 0. The lowest BCUT2D eigenvalue weighted by Gasteiger charge is -2.69. The van der Waals surface area contributed by atoms with E-state index in [4.69, 9.17) is 9.47 Å². The SMILES string of the molecule is CC1(C)C(=O)[C@@H]2O[C@@H]2[C@]2(C)[C@H]3C(=O)C=C4[C@@H]5C[C@@](C)(C(=O)OCc6ccccc6)CC[C@]5(C)CC[C@@]4(C)[C@]3(C)CC[C@@H]12. The fourth-order valence-corrected chi connectivity index (χ4v) is 11.4. The molecule has 4 saturated carbocycles. The van der Waals surface area contributed by atoms with Crippen LogP contribution in [0.15, 0.2) is 42.0 Å². The van der Waals surface area contributed by atoms with Crippen LogP contribution in [0.4, 0.5) is 0 Å². The summed E-state index contributed by atoms with van der Waals surface area (Å²) >= 11 is 0. The quantitative estimate of drug-likeness (QED) is 0.281. The van der Waals surface area contributed by atoms with E-state index in [0.29, 0.717) is 6.61 Å². The molecule has 10 atom stereocenters. The van der Waals surface area contributed by atoms with Crippen LogP contribution in [-0.2, 0) is 30.5 Å². The molecule has 0 spiro atoms. The second-order valence-corrected chi connectivity index (χ2v) is 16.7. The number of ketones is 2. The standard InChI is InChI=1S/C37H48O5/c1-32(2)26-13-14-36(6)28(37(26,7)30-27(42-30)29(32)39)25(38)19-23-24-20-34(4,16-15-33(24,3)17-18-35(23,36)5)31(40)41-21-22-11-9-8-10-12-22/h8-12,19,24,26-28,30H,13-18,20-21H2,1-7H3/t24-,26-,27-,28-,30-,33+,34-,35+,36+,37-/m0/s1. The first-order valence-corrected chi connectivity index (χ1v) is 16.3. The van der Waals surface area contributed by atoms with E-state index in [1.807, 2.05) is 36.4 Å². The largest absolute Gasteiger partial charge is 0.460 e. The summed E-state index contributed by atoms with van der Waals surface area (Å²) < 4.78 is 12.1. The summed E-state index contributed by atoms with van der Waals surface area (Å²) in [7, 11) is 0. The predicted octanol–water partition coefficient (Wildman–Crippen LogP) is 7.27. The normalized spacial score (nSPS) is 48.5. The van der Waals surface area contributed by atoms with Gasteiger partial charge in [0, 0.05) is 16.7 Å². The molecule has 5 heteroatoms. The van der Waals surface area contributed by atoms with E-state index in [2.05, 4.69) is 48.5 Å². The number of epoxide rings is 1. The highest BCUT2D eigenvalue weighted by atomic mass is 16.6. The molecule has 0 unspecified atom stereocenters. The Kier molecular flexibility index (Phi) is 5.88. The van der Waals surface area contributed by atoms with Crippen molar-refractivity contribution in [1.82, 2.24) is 0 Å². The lowest BCUT2D eigenvalue weighted by Crippen LogP contribution is -2.68. The van der Waals surface area contributed by atoms with Crippen molar-refractivity contribution in [3.05, 3.63) is 47.5 Å². The van der Waals surface area contributed by atoms with Crippen molar-refractivity contribution in [2.45, 2.75) is 112 Å². The van der Waals surface area contributed by atoms with Crippen LogP contribution < -0.4 is 0 Å². The van der Waals surface area contributed by atoms with E-state index in [-0.39, 0.29) is 69.2 Å². The Morgan fingerprint density at radius 1 is 0.929 bits per heavy atom. The van der Waals surface area contributed by atoms with Crippen molar-refractivity contribution in [1.29, 1.82) is 0 Å². The Labute approximate surface area is 251 Å². The van der Waals surface area contributed by atoms with Gasteiger partial charge in [-0.05, 0) is 91.6 Å². The van der Waals surface area contributed by atoms with Gasteiger partial charge in [-0.15, -0.1) is 0 Å². The number of carbonyl (C=O) groups excluding carboxylic acids is 3. The second-order valence-electron chi connectivity index (χ2n) is 16.7. The summed E-state index contributed by atoms with van der Waals surface area (Å²) in [6.07, 6.45) is 8.06. The summed E-state index contributed by atoms with van der Waals surface area (Å²) in [6, 6.07) is 9.88. The minimum atomic E-state index is -0.578. The fourth-order valence-electron chi connectivity index (χ4n) is 11.4. The average molecular weight is 573 g/mol. The first-order chi connectivity index (χ1) is 19.6. The maximum absolute atomic E-state index is 14.6. The van der Waals surface area contributed by atoms with E-state index >= 15 is 0 Å². The number of esters is 1. The molecule has 0 N–H and O–H groups in total. The number of benzene rings is 1. The molecular weight excluding hydrogens is 524 g/mol. The van der Waals surface area contributed by atoms with Gasteiger partial charge >= 0.3 is 5.97 Å². The predicted molar refractivity (Wildman–Crippen MR) is 160 cm³/mol. The smallest absolute Gasteiger partial charge is 0.312 e. The molecule has 0 bridgehead atoms. The van der Waals surface area contributed by atoms with Gasteiger partial charge in [0.25, 0.3) is 0 Å². The van der Waals surface area contributed by atoms with Gasteiger partial charge in [0.15, 0.2) is 11.6 Å². The van der Waals surface area contributed by atoms with Gasteiger partial charge in [-0.2, -0.15) is 0 Å². The van der Waals surface area contributed by atoms with Crippen molar-refractivity contribution < 1.29 is 23.9 Å². The van der Waals surface area contributed by atoms with Gasteiger partial charge in [0.2, 0.25) is 0 Å². The molecule has 7 rings (SSSR count). The molecule has 1 aromatic carbocycles. The number of fused-ring (bicyclic) bond motifs is 9. The Morgan fingerprint density at radius 3 is 2.33 bits per heavy atom. The number of rotatable bonds is 3. The van der Waals surface area contributed by atoms with Crippen LogP contribution in [0.25, 0.3) is 0 Å².